The maximum atomic E-state index is 11.3. The number of amides is 1. The van der Waals surface area contributed by atoms with Gasteiger partial charge in [0.25, 0.3) is 5.91 Å². The molecule has 76 valence electrons. The highest BCUT2D eigenvalue weighted by Gasteiger charge is 2.10. The second kappa shape index (κ2) is 4.17. The van der Waals surface area contributed by atoms with Crippen molar-refractivity contribution in [1.29, 1.82) is 0 Å². The number of nitrogens with zero attached hydrogens (tertiary/aromatic N) is 2. The van der Waals surface area contributed by atoms with Gasteiger partial charge in [0.05, 0.1) is 0 Å². The van der Waals surface area contributed by atoms with E-state index in [0.717, 1.165) is 5.69 Å². The minimum absolute atomic E-state index is 0.169. The van der Waals surface area contributed by atoms with Gasteiger partial charge in [0, 0.05) is 12.7 Å². The quantitative estimate of drug-likeness (QED) is 0.769. The fourth-order valence-corrected chi connectivity index (χ4v) is 1.13. The molecule has 1 aromatic rings. The van der Waals surface area contributed by atoms with E-state index in [0.29, 0.717) is 17.4 Å². The predicted molar refractivity (Wildman–Crippen MR) is 54.2 cm³/mol. The zero-order chi connectivity index (χ0) is 10.7. The van der Waals surface area contributed by atoms with Crippen LogP contribution in [0.5, 0.6) is 0 Å². The monoisotopic (exact) mass is 193 g/mol. The SMILES string of the molecule is CNC(=O)c1cc(C(C)C)nc(C)n1. The molecule has 0 atom stereocenters. The Morgan fingerprint density at radius 3 is 2.57 bits per heavy atom. The van der Waals surface area contributed by atoms with Crippen molar-refractivity contribution in [3.63, 3.8) is 0 Å². The lowest BCUT2D eigenvalue weighted by molar-refractivity contribution is 0.0957. The van der Waals surface area contributed by atoms with Gasteiger partial charge in [-0.2, -0.15) is 0 Å². The molecule has 0 spiro atoms. The van der Waals surface area contributed by atoms with Gasteiger partial charge in [0.15, 0.2) is 0 Å². The molecule has 4 heteroatoms. The normalized spacial score (nSPS) is 10.4. The van der Waals surface area contributed by atoms with Crippen molar-refractivity contribution in [1.82, 2.24) is 15.3 Å². The van der Waals surface area contributed by atoms with Crippen LogP contribution in [0.2, 0.25) is 0 Å². The third-order valence-electron chi connectivity index (χ3n) is 1.91. The maximum absolute atomic E-state index is 11.3. The van der Waals surface area contributed by atoms with E-state index >= 15 is 0 Å². The van der Waals surface area contributed by atoms with Gasteiger partial charge >= 0.3 is 0 Å². The Morgan fingerprint density at radius 2 is 2.07 bits per heavy atom. The number of aromatic nitrogens is 2. The fraction of sp³-hybridized carbons (Fsp3) is 0.500. The molecular weight excluding hydrogens is 178 g/mol. The summed E-state index contributed by atoms with van der Waals surface area (Å²) in [5, 5.41) is 2.55. The van der Waals surface area contributed by atoms with Crippen LogP contribution in [-0.2, 0) is 0 Å². The lowest BCUT2D eigenvalue weighted by Gasteiger charge is -2.07. The Kier molecular flexibility index (Phi) is 3.17. The van der Waals surface area contributed by atoms with Gasteiger partial charge in [0.1, 0.15) is 11.5 Å². The van der Waals surface area contributed by atoms with Gasteiger partial charge in [-0.05, 0) is 18.9 Å². The molecular formula is C10H15N3O. The van der Waals surface area contributed by atoms with E-state index in [1.807, 2.05) is 13.8 Å². The second-order valence-corrected chi connectivity index (χ2v) is 3.46. The highest BCUT2D eigenvalue weighted by Crippen LogP contribution is 2.12. The summed E-state index contributed by atoms with van der Waals surface area (Å²) in [7, 11) is 1.59. The highest BCUT2D eigenvalue weighted by atomic mass is 16.1. The van der Waals surface area contributed by atoms with Crippen LogP contribution in [0.4, 0.5) is 0 Å². The van der Waals surface area contributed by atoms with Crippen molar-refractivity contribution in [2.75, 3.05) is 7.05 Å². The smallest absolute Gasteiger partial charge is 0.269 e. The summed E-state index contributed by atoms with van der Waals surface area (Å²) in [6.45, 7) is 5.86. The van der Waals surface area contributed by atoms with E-state index in [1.54, 1.807) is 20.0 Å². The Hall–Kier alpha value is -1.45. The average Bonchev–Trinajstić information content (AvgIpc) is 2.15. The summed E-state index contributed by atoms with van der Waals surface area (Å²) in [4.78, 5) is 19.7. The third kappa shape index (κ3) is 2.28. The maximum Gasteiger partial charge on any atom is 0.269 e. The molecule has 0 saturated carbocycles. The summed E-state index contributed by atoms with van der Waals surface area (Å²) >= 11 is 0. The van der Waals surface area contributed by atoms with Gasteiger partial charge in [-0.1, -0.05) is 13.8 Å². The Bertz CT molecular complexity index is 347. The molecule has 0 fully saturated rings. The number of rotatable bonds is 2. The molecule has 0 saturated heterocycles. The molecule has 0 bridgehead atoms. The minimum atomic E-state index is -0.169. The van der Waals surface area contributed by atoms with Gasteiger partial charge in [-0.15, -0.1) is 0 Å². The Morgan fingerprint density at radius 1 is 1.43 bits per heavy atom. The van der Waals surface area contributed by atoms with Crippen LogP contribution in [0.15, 0.2) is 6.07 Å². The molecule has 4 nitrogen and oxygen atoms in total. The van der Waals surface area contributed by atoms with Gasteiger partial charge in [-0.25, -0.2) is 9.97 Å². The average molecular weight is 193 g/mol. The topological polar surface area (TPSA) is 54.9 Å². The predicted octanol–water partition coefficient (Wildman–Crippen LogP) is 1.27. The first-order valence-electron chi connectivity index (χ1n) is 4.62. The van der Waals surface area contributed by atoms with Gasteiger partial charge < -0.3 is 5.32 Å². The van der Waals surface area contributed by atoms with Crippen molar-refractivity contribution in [2.45, 2.75) is 26.7 Å². The largest absolute Gasteiger partial charge is 0.354 e. The van der Waals surface area contributed by atoms with Crippen LogP contribution in [-0.4, -0.2) is 22.9 Å². The van der Waals surface area contributed by atoms with E-state index < -0.39 is 0 Å². The number of hydrogen-bond acceptors (Lipinski definition) is 3. The first kappa shape index (κ1) is 10.6. The number of nitrogens with one attached hydrogen (secondary N) is 1. The van der Waals surface area contributed by atoms with E-state index in [1.165, 1.54) is 0 Å². The molecule has 0 aliphatic carbocycles. The second-order valence-electron chi connectivity index (χ2n) is 3.46. The van der Waals surface area contributed by atoms with Crippen molar-refractivity contribution < 1.29 is 4.79 Å². The molecule has 1 aromatic heterocycles. The zero-order valence-electron chi connectivity index (χ0n) is 8.96. The third-order valence-corrected chi connectivity index (χ3v) is 1.91. The molecule has 1 amide bonds. The molecule has 0 radical (unpaired) electrons. The van der Waals surface area contributed by atoms with Crippen LogP contribution in [0.1, 0.15) is 41.8 Å². The van der Waals surface area contributed by atoms with Crippen LogP contribution in [0.3, 0.4) is 0 Å². The van der Waals surface area contributed by atoms with Gasteiger partial charge in [-0.3, -0.25) is 4.79 Å². The van der Waals surface area contributed by atoms with Crippen LogP contribution >= 0.6 is 0 Å². The standard InChI is InChI=1S/C10H15N3O/c1-6(2)8-5-9(10(14)11-4)13-7(3)12-8/h5-6H,1-4H3,(H,11,14). The lowest BCUT2D eigenvalue weighted by Crippen LogP contribution is -2.20. The Balaban J connectivity index is 3.13. The summed E-state index contributed by atoms with van der Waals surface area (Å²) in [5.74, 6) is 0.771. The van der Waals surface area contributed by atoms with Crippen LogP contribution in [0, 0.1) is 6.92 Å². The first-order chi connectivity index (χ1) is 6.54. The zero-order valence-corrected chi connectivity index (χ0v) is 8.96. The number of carbonyl (C=O) groups excluding carboxylic acids is 1. The van der Waals surface area contributed by atoms with E-state index in [2.05, 4.69) is 15.3 Å². The van der Waals surface area contributed by atoms with Crippen molar-refractivity contribution in [2.24, 2.45) is 0 Å². The summed E-state index contributed by atoms with van der Waals surface area (Å²) in [6, 6.07) is 1.73. The molecule has 1 heterocycles. The summed E-state index contributed by atoms with van der Waals surface area (Å²) < 4.78 is 0. The summed E-state index contributed by atoms with van der Waals surface area (Å²) in [5.41, 5.74) is 1.33. The van der Waals surface area contributed by atoms with E-state index in [9.17, 15) is 4.79 Å². The van der Waals surface area contributed by atoms with Crippen molar-refractivity contribution in [3.8, 4) is 0 Å². The number of aryl methyl sites for hydroxylation is 1. The van der Waals surface area contributed by atoms with Crippen molar-refractivity contribution >= 4 is 5.91 Å². The first-order valence-corrected chi connectivity index (χ1v) is 4.62. The molecule has 0 unspecified atom stereocenters. The lowest BCUT2D eigenvalue weighted by atomic mass is 10.1. The van der Waals surface area contributed by atoms with Gasteiger partial charge in [0.2, 0.25) is 0 Å². The minimum Gasteiger partial charge on any atom is -0.354 e. The molecule has 0 aromatic carbocycles. The van der Waals surface area contributed by atoms with E-state index in [4.69, 9.17) is 0 Å². The molecule has 1 rings (SSSR count). The van der Waals surface area contributed by atoms with Crippen LogP contribution < -0.4 is 5.32 Å². The molecule has 14 heavy (non-hydrogen) atoms. The molecule has 1 N–H and O–H groups in total. The summed E-state index contributed by atoms with van der Waals surface area (Å²) in [6.07, 6.45) is 0. The Labute approximate surface area is 83.8 Å². The van der Waals surface area contributed by atoms with E-state index in [-0.39, 0.29) is 5.91 Å². The molecule has 0 aliphatic heterocycles. The fourth-order valence-electron chi connectivity index (χ4n) is 1.13. The number of carbonyl (C=O) groups is 1. The van der Waals surface area contributed by atoms with Crippen LogP contribution in [0.25, 0.3) is 0 Å². The molecule has 0 aliphatic rings. The number of hydrogen-bond donors (Lipinski definition) is 1. The van der Waals surface area contributed by atoms with Crippen molar-refractivity contribution in [3.05, 3.63) is 23.3 Å². The highest BCUT2D eigenvalue weighted by molar-refractivity contribution is 5.92.